The largest absolute Gasteiger partial charge is 0.475 e. The monoisotopic (exact) mass is 401 g/mol. The van der Waals surface area contributed by atoms with Crippen LogP contribution >= 0.6 is 15.9 Å². The zero-order valence-corrected chi connectivity index (χ0v) is 14.9. The Morgan fingerprint density at radius 2 is 1.96 bits per heavy atom. The van der Waals surface area contributed by atoms with E-state index in [4.69, 9.17) is 9.15 Å². The van der Waals surface area contributed by atoms with Gasteiger partial charge in [0.2, 0.25) is 11.8 Å². The molecule has 2 aromatic heterocycles. The van der Waals surface area contributed by atoms with Gasteiger partial charge in [-0.3, -0.25) is 4.79 Å². The third-order valence-electron chi connectivity index (χ3n) is 3.37. The summed E-state index contributed by atoms with van der Waals surface area (Å²) in [6.07, 6.45) is 1.92. The van der Waals surface area contributed by atoms with Crippen LogP contribution in [0.2, 0.25) is 0 Å². The molecule has 0 aliphatic carbocycles. The van der Waals surface area contributed by atoms with Crippen molar-refractivity contribution in [2.24, 2.45) is 0 Å². The highest BCUT2D eigenvalue weighted by molar-refractivity contribution is 9.10. The van der Waals surface area contributed by atoms with Crippen molar-refractivity contribution >= 4 is 21.8 Å². The highest BCUT2D eigenvalue weighted by atomic mass is 79.9. The lowest BCUT2D eigenvalue weighted by Crippen LogP contribution is -2.29. The Morgan fingerprint density at radius 1 is 1.12 bits per heavy atom. The summed E-state index contributed by atoms with van der Waals surface area (Å²) < 4.78 is 11.7. The first kappa shape index (κ1) is 17.2. The van der Waals surface area contributed by atoms with Gasteiger partial charge in [0.1, 0.15) is 12.3 Å². The standard InChI is InChI=1S/C18H16BrN3O3/c19-14-5-3-13(4-6-14)12-17(23)20-9-11-25-18-8-7-15(21-22-18)16-2-1-10-24-16/h1-8,10H,9,11-12H2,(H,20,23). The van der Waals surface area contributed by atoms with Crippen LogP contribution in [0.1, 0.15) is 5.56 Å². The lowest BCUT2D eigenvalue weighted by Gasteiger charge is -2.07. The molecule has 6 nitrogen and oxygen atoms in total. The molecule has 3 aromatic rings. The second-order valence-corrected chi connectivity index (χ2v) is 6.15. The average Bonchev–Trinajstić information content (AvgIpc) is 3.16. The second kappa shape index (κ2) is 8.43. The van der Waals surface area contributed by atoms with Gasteiger partial charge in [0, 0.05) is 10.5 Å². The number of rotatable bonds is 7. The van der Waals surface area contributed by atoms with Gasteiger partial charge in [-0.05, 0) is 35.9 Å². The SMILES string of the molecule is O=C(Cc1ccc(Br)cc1)NCCOc1ccc(-c2ccco2)nn1. The number of carbonyl (C=O) groups excluding carboxylic acids is 1. The van der Waals surface area contributed by atoms with E-state index in [0.717, 1.165) is 10.0 Å². The lowest BCUT2D eigenvalue weighted by molar-refractivity contribution is -0.120. The summed E-state index contributed by atoms with van der Waals surface area (Å²) in [6.45, 7) is 0.720. The number of hydrogen-bond donors (Lipinski definition) is 1. The van der Waals surface area contributed by atoms with Crippen molar-refractivity contribution in [3.8, 4) is 17.3 Å². The maximum Gasteiger partial charge on any atom is 0.233 e. The van der Waals surface area contributed by atoms with Crippen molar-refractivity contribution in [2.45, 2.75) is 6.42 Å². The molecule has 1 aromatic carbocycles. The number of halogens is 1. The molecule has 0 bridgehead atoms. The topological polar surface area (TPSA) is 77.2 Å². The molecule has 0 unspecified atom stereocenters. The van der Waals surface area contributed by atoms with Gasteiger partial charge in [-0.1, -0.05) is 28.1 Å². The normalized spacial score (nSPS) is 10.4. The van der Waals surface area contributed by atoms with Gasteiger partial charge >= 0.3 is 0 Å². The van der Waals surface area contributed by atoms with E-state index in [1.54, 1.807) is 24.5 Å². The smallest absolute Gasteiger partial charge is 0.233 e. The van der Waals surface area contributed by atoms with Gasteiger partial charge in [-0.25, -0.2) is 0 Å². The van der Waals surface area contributed by atoms with E-state index < -0.39 is 0 Å². The highest BCUT2D eigenvalue weighted by Crippen LogP contribution is 2.17. The minimum absolute atomic E-state index is 0.0508. The van der Waals surface area contributed by atoms with Crippen molar-refractivity contribution in [1.82, 2.24) is 15.5 Å². The molecule has 128 valence electrons. The minimum atomic E-state index is -0.0508. The fourth-order valence-corrected chi connectivity index (χ4v) is 2.41. The molecule has 3 rings (SSSR count). The van der Waals surface area contributed by atoms with E-state index in [1.807, 2.05) is 30.3 Å². The van der Waals surface area contributed by atoms with E-state index in [0.29, 0.717) is 36.9 Å². The number of aromatic nitrogens is 2. The maximum atomic E-state index is 11.9. The van der Waals surface area contributed by atoms with Crippen molar-refractivity contribution in [3.05, 3.63) is 64.8 Å². The summed E-state index contributed by atoms with van der Waals surface area (Å²) >= 11 is 3.37. The van der Waals surface area contributed by atoms with E-state index in [-0.39, 0.29) is 5.91 Å². The van der Waals surface area contributed by atoms with Crippen LogP contribution in [0, 0.1) is 0 Å². The Hall–Kier alpha value is -2.67. The molecule has 0 saturated carbocycles. The second-order valence-electron chi connectivity index (χ2n) is 5.24. The quantitative estimate of drug-likeness (QED) is 0.614. The maximum absolute atomic E-state index is 11.9. The van der Waals surface area contributed by atoms with Gasteiger partial charge in [0.25, 0.3) is 0 Å². The molecule has 1 amide bonds. The first-order valence-electron chi connectivity index (χ1n) is 7.72. The van der Waals surface area contributed by atoms with E-state index in [9.17, 15) is 4.79 Å². The third kappa shape index (κ3) is 5.15. The molecule has 0 aliphatic rings. The summed E-state index contributed by atoms with van der Waals surface area (Å²) in [5, 5.41) is 10.8. The van der Waals surface area contributed by atoms with Crippen LogP contribution in [0.3, 0.4) is 0 Å². The predicted molar refractivity (Wildman–Crippen MR) is 96.1 cm³/mol. The number of nitrogens with zero attached hydrogens (tertiary/aromatic N) is 2. The van der Waals surface area contributed by atoms with Gasteiger partial charge in [-0.2, -0.15) is 0 Å². The zero-order chi connectivity index (χ0) is 17.5. The Bertz CT molecular complexity index is 803. The number of nitrogens with one attached hydrogen (secondary N) is 1. The van der Waals surface area contributed by atoms with Crippen LogP contribution in [-0.2, 0) is 11.2 Å². The van der Waals surface area contributed by atoms with Crippen LogP contribution in [0.4, 0.5) is 0 Å². The zero-order valence-electron chi connectivity index (χ0n) is 13.3. The van der Waals surface area contributed by atoms with Crippen LogP contribution in [-0.4, -0.2) is 29.3 Å². The molecule has 7 heteroatoms. The van der Waals surface area contributed by atoms with Crippen molar-refractivity contribution in [2.75, 3.05) is 13.2 Å². The summed E-state index contributed by atoms with van der Waals surface area (Å²) in [6, 6.07) is 14.7. The number of furan rings is 1. The lowest BCUT2D eigenvalue weighted by atomic mass is 10.1. The molecule has 25 heavy (non-hydrogen) atoms. The van der Waals surface area contributed by atoms with Crippen LogP contribution < -0.4 is 10.1 Å². The molecule has 0 aliphatic heterocycles. The third-order valence-corrected chi connectivity index (χ3v) is 3.89. The van der Waals surface area contributed by atoms with Crippen LogP contribution in [0.15, 0.2) is 63.7 Å². The van der Waals surface area contributed by atoms with E-state index >= 15 is 0 Å². The number of benzene rings is 1. The molecular weight excluding hydrogens is 386 g/mol. The molecular formula is C18H16BrN3O3. The van der Waals surface area contributed by atoms with Crippen LogP contribution in [0.5, 0.6) is 5.88 Å². The van der Waals surface area contributed by atoms with E-state index in [1.165, 1.54) is 0 Å². The Labute approximate surface area is 153 Å². The first-order chi connectivity index (χ1) is 12.2. The van der Waals surface area contributed by atoms with E-state index in [2.05, 4.69) is 31.4 Å². The highest BCUT2D eigenvalue weighted by Gasteiger charge is 2.05. The number of amides is 1. The predicted octanol–water partition coefficient (Wildman–Crippen LogP) is 3.24. The Morgan fingerprint density at radius 3 is 2.64 bits per heavy atom. The first-order valence-corrected chi connectivity index (χ1v) is 8.51. The molecule has 0 atom stereocenters. The van der Waals surface area contributed by atoms with Gasteiger partial charge in [-0.15, -0.1) is 10.2 Å². The minimum Gasteiger partial charge on any atom is -0.475 e. The van der Waals surface area contributed by atoms with Gasteiger partial charge in [0.15, 0.2) is 5.76 Å². The number of ether oxygens (including phenoxy) is 1. The fourth-order valence-electron chi connectivity index (χ4n) is 2.15. The Kier molecular flexibility index (Phi) is 5.79. The molecule has 0 spiro atoms. The summed E-state index contributed by atoms with van der Waals surface area (Å²) in [5.41, 5.74) is 1.60. The fraction of sp³-hybridized carbons (Fsp3) is 0.167. The number of hydrogen-bond acceptors (Lipinski definition) is 5. The molecule has 0 saturated heterocycles. The summed E-state index contributed by atoms with van der Waals surface area (Å²) in [4.78, 5) is 11.9. The van der Waals surface area contributed by atoms with Crippen molar-refractivity contribution in [1.29, 1.82) is 0 Å². The van der Waals surface area contributed by atoms with Crippen molar-refractivity contribution in [3.63, 3.8) is 0 Å². The molecule has 0 radical (unpaired) electrons. The number of carbonyl (C=O) groups is 1. The molecule has 1 N–H and O–H groups in total. The summed E-state index contributed by atoms with van der Waals surface area (Å²) in [7, 11) is 0. The van der Waals surface area contributed by atoms with Gasteiger partial charge < -0.3 is 14.5 Å². The Balaban J connectivity index is 1.39. The average molecular weight is 402 g/mol. The molecule has 2 heterocycles. The van der Waals surface area contributed by atoms with Gasteiger partial charge in [0.05, 0.1) is 19.2 Å². The molecule has 0 fully saturated rings. The van der Waals surface area contributed by atoms with Crippen LogP contribution in [0.25, 0.3) is 11.5 Å². The summed E-state index contributed by atoms with van der Waals surface area (Å²) in [5.74, 6) is 1.00. The van der Waals surface area contributed by atoms with Crippen molar-refractivity contribution < 1.29 is 13.9 Å².